The molecule has 0 saturated heterocycles. The van der Waals surface area contributed by atoms with Crippen molar-refractivity contribution in [2.75, 3.05) is 18.6 Å². The molecular weight excluding hydrogens is 266 g/mol. The Hall–Kier alpha value is -0.380. The molecule has 0 saturated carbocycles. The van der Waals surface area contributed by atoms with E-state index in [2.05, 4.69) is 11.6 Å². The number of aromatic hydroxyl groups is 1. The zero-order valence-corrected chi connectivity index (χ0v) is 12.5. The standard InChI is InChI=1S/C14H22ClNOS/c1-18-10-5-3-2-4-9-16-11-12-7-6-8-13(15)14(12)17/h6-8,16-17H,2-5,9-11H2,1H3. The molecule has 0 bridgehead atoms. The van der Waals surface area contributed by atoms with Crippen LogP contribution in [0.15, 0.2) is 18.2 Å². The Morgan fingerprint density at radius 1 is 1.22 bits per heavy atom. The third-order valence-electron chi connectivity index (χ3n) is 2.84. The molecule has 0 aliphatic heterocycles. The van der Waals surface area contributed by atoms with Crippen LogP contribution in [0.1, 0.15) is 31.2 Å². The number of rotatable bonds is 9. The molecule has 1 aromatic carbocycles. The van der Waals surface area contributed by atoms with E-state index < -0.39 is 0 Å². The van der Waals surface area contributed by atoms with Crippen molar-refractivity contribution in [3.8, 4) is 5.75 Å². The van der Waals surface area contributed by atoms with Crippen LogP contribution >= 0.6 is 23.4 Å². The van der Waals surface area contributed by atoms with E-state index in [0.717, 1.165) is 12.1 Å². The molecule has 2 N–H and O–H groups in total. The quantitative estimate of drug-likeness (QED) is 0.672. The molecule has 1 aromatic rings. The Bertz CT molecular complexity index is 347. The Morgan fingerprint density at radius 3 is 2.78 bits per heavy atom. The molecule has 0 unspecified atom stereocenters. The lowest BCUT2D eigenvalue weighted by Crippen LogP contribution is -2.14. The van der Waals surface area contributed by atoms with Crippen molar-refractivity contribution in [3.63, 3.8) is 0 Å². The third-order valence-corrected chi connectivity index (χ3v) is 3.84. The van der Waals surface area contributed by atoms with Gasteiger partial charge in [0.1, 0.15) is 5.75 Å². The highest BCUT2D eigenvalue weighted by molar-refractivity contribution is 7.98. The zero-order valence-electron chi connectivity index (χ0n) is 10.9. The number of hydrogen-bond acceptors (Lipinski definition) is 3. The fourth-order valence-corrected chi connectivity index (χ4v) is 2.46. The SMILES string of the molecule is CSCCCCCCNCc1cccc(Cl)c1O. The lowest BCUT2D eigenvalue weighted by molar-refractivity contribution is 0.464. The second kappa shape index (κ2) is 9.54. The van der Waals surface area contributed by atoms with E-state index in [-0.39, 0.29) is 5.75 Å². The maximum absolute atomic E-state index is 9.72. The molecule has 2 nitrogen and oxygen atoms in total. The summed E-state index contributed by atoms with van der Waals surface area (Å²) in [6.45, 7) is 1.67. The van der Waals surface area contributed by atoms with E-state index in [4.69, 9.17) is 11.6 Å². The number of nitrogens with one attached hydrogen (secondary N) is 1. The second-order valence-corrected chi connectivity index (χ2v) is 5.72. The topological polar surface area (TPSA) is 32.3 Å². The first-order chi connectivity index (χ1) is 8.75. The molecule has 102 valence electrons. The average Bonchev–Trinajstić information content (AvgIpc) is 2.37. The van der Waals surface area contributed by atoms with E-state index in [1.54, 1.807) is 6.07 Å². The minimum atomic E-state index is 0.201. The average molecular weight is 288 g/mol. The number of para-hydroxylation sites is 1. The summed E-state index contributed by atoms with van der Waals surface area (Å²) in [6, 6.07) is 5.46. The number of halogens is 1. The molecule has 0 aliphatic rings. The van der Waals surface area contributed by atoms with Crippen LogP contribution in [-0.4, -0.2) is 23.7 Å². The summed E-state index contributed by atoms with van der Waals surface area (Å²) in [7, 11) is 0. The number of phenols is 1. The van der Waals surface area contributed by atoms with E-state index in [9.17, 15) is 5.11 Å². The molecule has 0 amide bonds. The van der Waals surface area contributed by atoms with Crippen molar-refractivity contribution >= 4 is 23.4 Å². The van der Waals surface area contributed by atoms with Crippen molar-refractivity contribution in [1.82, 2.24) is 5.32 Å². The van der Waals surface area contributed by atoms with Gasteiger partial charge in [0.2, 0.25) is 0 Å². The van der Waals surface area contributed by atoms with E-state index in [1.807, 2.05) is 23.9 Å². The first kappa shape index (κ1) is 15.7. The van der Waals surface area contributed by atoms with Crippen LogP contribution in [0.25, 0.3) is 0 Å². The smallest absolute Gasteiger partial charge is 0.138 e. The predicted molar refractivity (Wildman–Crippen MR) is 81.7 cm³/mol. The molecule has 0 atom stereocenters. The van der Waals surface area contributed by atoms with Crippen molar-refractivity contribution < 1.29 is 5.11 Å². The molecule has 0 spiro atoms. The number of phenolic OH excluding ortho intramolecular Hbond substituents is 1. The summed E-state index contributed by atoms with van der Waals surface area (Å²) in [5.41, 5.74) is 0.866. The van der Waals surface area contributed by atoms with Gasteiger partial charge in [0, 0.05) is 12.1 Å². The molecule has 0 fully saturated rings. The Morgan fingerprint density at radius 2 is 2.00 bits per heavy atom. The maximum Gasteiger partial charge on any atom is 0.138 e. The van der Waals surface area contributed by atoms with Gasteiger partial charge >= 0.3 is 0 Å². The van der Waals surface area contributed by atoms with Crippen LogP contribution in [0.3, 0.4) is 0 Å². The van der Waals surface area contributed by atoms with Gasteiger partial charge in [-0.2, -0.15) is 11.8 Å². The van der Waals surface area contributed by atoms with Crippen LogP contribution in [-0.2, 0) is 6.54 Å². The van der Waals surface area contributed by atoms with Gasteiger partial charge in [-0.15, -0.1) is 0 Å². The lowest BCUT2D eigenvalue weighted by atomic mass is 10.2. The fourth-order valence-electron chi connectivity index (χ4n) is 1.78. The molecule has 0 aromatic heterocycles. The summed E-state index contributed by atoms with van der Waals surface area (Å²) in [6.07, 6.45) is 7.24. The first-order valence-corrected chi connectivity index (χ1v) is 8.19. The van der Waals surface area contributed by atoms with E-state index >= 15 is 0 Å². The van der Waals surface area contributed by atoms with Gasteiger partial charge < -0.3 is 10.4 Å². The largest absolute Gasteiger partial charge is 0.506 e. The summed E-state index contributed by atoms with van der Waals surface area (Å²) in [5, 5.41) is 13.5. The molecule has 1 rings (SSSR count). The normalized spacial score (nSPS) is 10.8. The lowest BCUT2D eigenvalue weighted by Gasteiger charge is -2.07. The molecule has 18 heavy (non-hydrogen) atoms. The molecule has 0 radical (unpaired) electrons. The van der Waals surface area contributed by atoms with Gasteiger partial charge in [-0.25, -0.2) is 0 Å². The molecule has 0 aliphatic carbocycles. The maximum atomic E-state index is 9.72. The second-order valence-electron chi connectivity index (χ2n) is 4.33. The van der Waals surface area contributed by atoms with Crippen molar-refractivity contribution in [1.29, 1.82) is 0 Å². The third kappa shape index (κ3) is 5.98. The molecule has 4 heteroatoms. The summed E-state index contributed by atoms with van der Waals surface area (Å²) in [4.78, 5) is 0. The van der Waals surface area contributed by atoms with Crippen LogP contribution in [0.2, 0.25) is 5.02 Å². The van der Waals surface area contributed by atoms with Gasteiger partial charge in [-0.05, 0) is 37.5 Å². The minimum absolute atomic E-state index is 0.201. The summed E-state index contributed by atoms with van der Waals surface area (Å²) < 4.78 is 0. The highest BCUT2D eigenvalue weighted by Gasteiger charge is 2.03. The van der Waals surface area contributed by atoms with Crippen LogP contribution in [0.5, 0.6) is 5.75 Å². The van der Waals surface area contributed by atoms with Gasteiger partial charge in [-0.1, -0.05) is 36.6 Å². The van der Waals surface area contributed by atoms with Crippen molar-refractivity contribution in [3.05, 3.63) is 28.8 Å². The van der Waals surface area contributed by atoms with Gasteiger partial charge in [0.25, 0.3) is 0 Å². The summed E-state index contributed by atoms with van der Waals surface area (Å²) in [5.74, 6) is 1.47. The zero-order chi connectivity index (χ0) is 13.2. The minimum Gasteiger partial charge on any atom is -0.506 e. The number of thioether (sulfide) groups is 1. The molecule has 0 heterocycles. The Kier molecular flexibility index (Phi) is 8.31. The highest BCUT2D eigenvalue weighted by atomic mass is 35.5. The van der Waals surface area contributed by atoms with E-state index in [1.165, 1.54) is 31.4 Å². The monoisotopic (exact) mass is 287 g/mol. The van der Waals surface area contributed by atoms with Crippen LogP contribution in [0, 0.1) is 0 Å². The first-order valence-electron chi connectivity index (χ1n) is 6.41. The molecular formula is C14H22ClNOS. The van der Waals surface area contributed by atoms with Gasteiger partial charge in [0.05, 0.1) is 5.02 Å². The van der Waals surface area contributed by atoms with E-state index in [0.29, 0.717) is 11.6 Å². The fraction of sp³-hybridized carbons (Fsp3) is 0.571. The van der Waals surface area contributed by atoms with Crippen LogP contribution < -0.4 is 5.32 Å². The Balaban J connectivity index is 2.09. The summed E-state index contributed by atoms with van der Waals surface area (Å²) >= 11 is 7.76. The van der Waals surface area contributed by atoms with Crippen molar-refractivity contribution in [2.24, 2.45) is 0 Å². The number of benzene rings is 1. The Labute approximate surface area is 119 Å². The van der Waals surface area contributed by atoms with Gasteiger partial charge in [-0.3, -0.25) is 0 Å². The predicted octanol–water partition coefficient (Wildman–Crippen LogP) is 4.06. The highest BCUT2D eigenvalue weighted by Crippen LogP contribution is 2.26. The van der Waals surface area contributed by atoms with Crippen molar-refractivity contribution in [2.45, 2.75) is 32.2 Å². The van der Waals surface area contributed by atoms with Gasteiger partial charge in [0.15, 0.2) is 0 Å². The number of hydrogen-bond donors (Lipinski definition) is 2. The number of unbranched alkanes of at least 4 members (excludes halogenated alkanes) is 3. The van der Waals surface area contributed by atoms with Crippen LogP contribution in [0.4, 0.5) is 0 Å².